The molecule has 0 bridgehead atoms. The van der Waals surface area contributed by atoms with Crippen LogP contribution >= 0.6 is 27.3 Å². The van der Waals surface area contributed by atoms with Crippen LogP contribution in [0.4, 0.5) is 0 Å². The molecular weight excluding hydrogens is 272 g/mol. The van der Waals surface area contributed by atoms with Gasteiger partial charge in [0.1, 0.15) is 5.78 Å². The summed E-state index contributed by atoms with van der Waals surface area (Å²) in [4.78, 5) is 13.1. The molecule has 1 saturated carbocycles. The minimum Gasteiger partial charge on any atom is -0.299 e. The fourth-order valence-electron chi connectivity index (χ4n) is 2.23. The van der Waals surface area contributed by atoms with Gasteiger partial charge in [0, 0.05) is 17.2 Å². The Morgan fingerprint density at radius 3 is 3.00 bits per heavy atom. The standard InChI is InChI=1S/C12H15BrOS/c1-8-2-4-11(14)9(6-8)7-10-3-5-12(13)15-10/h3,5,8-9H,2,4,6-7H2,1H3. The van der Waals surface area contributed by atoms with Gasteiger partial charge in [-0.15, -0.1) is 11.3 Å². The van der Waals surface area contributed by atoms with Crippen LogP contribution in [0, 0.1) is 11.8 Å². The molecule has 0 saturated heterocycles. The molecule has 1 fully saturated rings. The molecule has 1 aromatic rings. The van der Waals surface area contributed by atoms with Gasteiger partial charge in [-0.1, -0.05) is 6.92 Å². The summed E-state index contributed by atoms with van der Waals surface area (Å²) in [5.41, 5.74) is 0. The molecule has 82 valence electrons. The first kappa shape index (κ1) is 11.3. The maximum atomic E-state index is 11.7. The maximum Gasteiger partial charge on any atom is 0.136 e. The lowest BCUT2D eigenvalue weighted by molar-refractivity contribution is -0.125. The van der Waals surface area contributed by atoms with Crippen molar-refractivity contribution >= 4 is 33.0 Å². The predicted molar refractivity (Wildman–Crippen MR) is 67.2 cm³/mol. The number of hydrogen-bond acceptors (Lipinski definition) is 2. The van der Waals surface area contributed by atoms with Crippen LogP contribution in [0.2, 0.25) is 0 Å². The number of halogens is 1. The van der Waals surface area contributed by atoms with E-state index in [1.165, 1.54) is 4.88 Å². The third kappa shape index (κ3) is 2.91. The molecule has 1 aromatic heterocycles. The zero-order valence-electron chi connectivity index (χ0n) is 8.83. The minimum absolute atomic E-state index is 0.277. The Morgan fingerprint density at radius 1 is 1.53 bits per heavy atom. The molecule has 1 heterocycles. The summed E-state index contributed by atoms with van der Waals surface area (Å²) in [7, 11) is 0. The molecular formula is C12H15BrOS. The lowest BCUT2D eigenvalue weighted by atomic mass is 9.79. The van der Waals surface area contributed by atoms with Crippen LogP contribution in [0.15, 0.2) is 15.9 Å². The molecule has 0 aromatic carbocycles. The molecule has 0 amide bonds. The quantitative estimate of drug-likeness (QED) is 0.801. The van der Waals surface area contributed by atoms with Gasteiger partial charge in [-0.25, -0.2) is 0 Å². The van der Waals surface area contributed by atoms with Crippen LogP contribution in [-0.2, 0) is 11.2 Å². The van der Waals surface area contributed by atoms with Crippen molar-refractivity contribution in [2.75, 3.05) is 0 Å². The van der Waals surface area contributed by atoms with Crippen molar-refractivity contribution < 1.29 is 4.79 Å². The molecule has 1 aliphatic carbocycles. The number of thiophene rings is 1. The summed E-state index contributed by atoms with van der Waals surface area (Å²) < 4.78 is 1.16. The number of rotatable bonds is 2. The Kier molecular flexibility index (Phi) is 3.62. The lowest BCUT2D eigenvalue weighted by Gasteiger charge is -2.25. The molecule has 3 heteroatoms. The molecule has 0 radical (unpaired) electrons. The fraction of sp³-hybridized carbons (Fsp3) is 0.583. The van der Waals surface area contributed by atoms with Gasteiger partial charge in [0.25, 0.3) is 0 Å². The summed E-state index contributed by atoms with van der Waals surface area (Å²) in [6.45, 7) is 2.25. The highest BCUT2D eigenvalue weighted by Crippen LogP contribution is 2.31. The lowest BCUT2D eigenvalue weighted by Crippen LogP contribution is -2.25. The Bertz CT molecular complexity index is 358. The Balaban J connectivity index is 2.01. The van der Waals surface area contributed by atoms with Crippen LogP contribution in [0.25, 0.3) is 0 Å². The summed E-state index contributed by atoms with van der Waals surface area (Å²) in [5, 5.41) is 0. The van der Waals surface area contributed by atoms with E-state index in [9.17, 15) is 4.79 Å². The SMILES string of the molecule is CC1CCC(=O)C(Cc2ccc(Br)s2)C1. The van der Waals surface area contributed by atoms with E-state index < -0.39 is 0 Å². The molecule has 2 atom stereocenters. The van der Waals surface area contributed by atoms with Crippen LogP contribution in [0.1, 0.15) is 31.1 Å². The van der Waals surface area contributed by atoms with E-state index in [1.807, 2.05) is 0 Å². The molecule has 1 nitrogen and oxygen atoms in total. The molecule has 15 heavy (non-hydrogen) atoms. The van der Waals surface area contributed by atoms with Gasteiger partial charge in [-0.05, 0) is 53.2 Å². The first-order valence-electron chi connectivity index (χ1n) is 5.42. The van der Waals surface area contributed by atoms with Gasteiger partial charge in [0.15, 0.2) is 0 Å². The molecule has 0 spiro atoms. The van der Waals surface area contributed by atoms with E-state index in [0.717, 1.165) is 35.4 Å². The number of Topliss-reactive ketones (excluding diaryl/α,β-unsaturated/α-hetero) is 1. The number of carbonyl (C=O) groups is 1. The molecule has 2 rings (SSSR count). The first-order chi connectivity index (χ1) is 7.15. The van der Waals surface area contributed by atoms with E-state index >= 15 is 0 Å². The maximum absolute atomic E-state index is 11.7. The Labute approximate surface area is 103 Å². The first-order valence-corrected chi connectivity index (χ1v) is 7.03. The number of hydrogen-bond donors (Lipinski definition) is 0. The summed E-state index contributed by atoms with van der Waals surface area (Å²) >= 11 is 5.21. The van der Waals surface area contributed by atoms with Gasteiger partial charge in [-0.3, -0.25) is 4.79 Å². The van der Waals surface area contributed by atoms with Crippen molar-refractivity contribution in [1.29, 1.82) is 0 Å². The van der Waals surface area contributed by atoms with E-state index in [0.29, 0.717) is 5.78 Å². The van der Waals surface area contributed by atoms with Crippen molar-refractivity contribution in [1.82, 2.24) is 0 Å². The predicted octanol–water partition coefficient (Wildman–Crippen LogP) is 4.06. The second-order valence-corrected chi connectivity index (χ2v) is 7.00. The van der Waals surface area contributed by atoms with Crippen molar-refractivity contribution in [3.63, 3.8) is 0 Å². The van der Waals surface area contributed by atoms with Gasteiger partial charge < -0.3 is 0 Å². The normalized spacial score (nSPS) is 26.9. The highest BCUT2D eigenvalue weighted by molar-refractivity contribution is 9.11. The highest BCUT2D eigenvalue weighted by Gasteiger charge is 2.26. The average Bonchev–Trinajstić information content (AvgIpc) is 2.58. The monoisotopic (exact) mass is 286 g/mol. The van der Waals surface area contributed by atoms with Gasteiger partial charge in [-0.2, -0.15) is 0 Å². The highest BCUT2D eigenvalue weighted by atomic mass is 79.9. The summed E-state index contributed by atoms with van der Waals surface area (Å²) in [6, 6.07) is 4.19. The van der Waals surface area contributed by atoms with E-state index in [1.54, 1.807) is 11.3 Å². The molecule has 2 unspecified atom stereocenters. The third-order valence-corrected chi connectivity index (χ3v) is 4.75. The number of ketones is 1. The molecule has 1 aliphatic rings. The van der Waals surface area contributed by atoms with Crippen LogP contribution < -0.4 is 0 Å². The largest absolute Gasteiger partial charge is 0.299 e. The van der Waals surface area contributed by atoms with Gasteiger partial charge in [0.2, 0.25) is 0 Å². The second-order valence-electron chi connectivity index (χ2n) is 4.45. The van der Waals surface area contributed by atoms with Crippen molar-refractivity contribution in [3.05, 3.63) is 20.8 Å². The Hall–Kier alpha value is -0.150. The van der Waals surface area contributed by atoms with Gasteiger partial charge in [0.05, 0.1) is 3.79 Å². The summed E-state index contributed by atoms with van der Waals surface area (Å²) in [6.07, 6.45) is 3.90. The van der Waals surface area contributed by atoms with Crippen LogP contribution in [0.3, 0.4) is 0 Å². The second kappa shape index (κ2) is 4.79. The van der Waals surface area contributed by atoms with Crippen LogP contribution in [-0.4, -0.2) is 5.78 Å². The van der Waals surface area contributed by atoms with Crippen molar-refractivity contribution in [2.24, 2.45) is 11.8 Å². The Morgan fingerprint density at radius 2 is 2.33 bits per heavy atom. The van der Waals surface area contributed by atoms with Crippen LogP contribution in [0.5, 0.6) is 0 Å². The topological polar surface area (TPSA) is 17.1 Å². The van der Waals surface area contributed by atoms with E-state index in [4.69, 9.17) is 0 Å². The fourth-order valence-corrected chi connectivity index (χ4v) is 3.79. The average molecular weight is 287 g/mol. The molecule has 0 N–H and O–H groups in total. The zero-order chi connectivity index (χ0) is 10.8. The third-order valence-electron chi connectivity index (χ3n) is 3.10. The molecule has 0 aliphatic heterocycles. The minimum atomic E-state index is 0.277. The van der Waals surface area contributed by atoms with Crippen molar-refractivity contribution in [3.8, 4) is 0 Å². The van der Waals surface area contributed by atoms with E-state index in [2.05, 4.69) is 35.0 Å². The van der Waals surface area contributed by atoms with E-state index in [-0.39, 0.29) is 5.92 Å². The van der Waals surface area contributed by atoms with Crippen molar-refractivity contribution in [2.45, 2.75) is 32.6 Å². The summed E-state index contributed by atoms with van der Waals surface area (Å²) in [5.74, 6) is 1.47. The smallest absolute Gasteiger partial charge is 0.136 e. The zero-order valence-corrected chi connectivity index (χ0v) is 11.2. The van der Waals surface area contributed by atoms with Gasteiger partial charge >= 0.3 is 0 Å². The number of carbonyl (C=O) groups excluding carboxylic acids is 1.